The first kappa shape index (κ1) is 16.0. The molecule has 2 fully saturated rings. The fourth-order valence-electron chi connectivity index (χ4n) is 2.77. The summed E-state index contributed by atoms with van der Waals surface area (Å²) in [4.78, 5) is 26.6. The van der Waals surface area contributed by atoms with Gasteiger partial charge < -0.3 is 25.2 Å². The van der Waals surface area contributed by atoms with Crippen LogP contribution in [-0.4, -0.2) is 89.6 Å². The molecule has 0 spiro atoms. The number of likely N-dealkylation sites (tertiary alicyclic amines) is 1. The smallest absolute Gasteiger partial charge is 0.326 e. The summed E-state index contributed by atoms with van der Waals surface area (Å²) >= 11 is 0. The molecule has 21 heavy (non-hydrogen) atoms. The molecule has 2 amide bonds. The van der Waals surface area contributed by atoms with Crippen molar-refractivity contribution in [2.45, 2.75) is 31.6 Å². The van der Waals surface area contributed by atoms with Gasteiger partial charge in [0, 0.05) is 32.6 Å². The Labute approximate surface area is 123 Å². The highest BCUT2D eigenvalue weighted by atomic mass is 16.5. The molecule has 8 nitrogen and oxygen atoms in total. The summed E-state index contributed by atoms with van der Waals surface area (Å²) in [6.45, 7) is 5.68. The number of aliphatic hydroxyl groups excluding tert-OH is 1. The van der Waals surface area contributed by atoms with E-state index in [1.165, 1.54) is 4.90 Å². The van der Waals surface area contributed by atoms with Crippen molar-refractivity contribution in [3.05, 3.63) is 0 Å². The first-order chi connectivity index (χ1) is 10.0. The van der Waals surface area contributed by atoms with E-state index in [2.05, 4.69) is 17.1 Å². The number of urea groups is 1. The summed E-state index contributed by atoms with van der Waals surface area (Å²) in [5.41, 5.74) is 0. The second kappa shape index (κ2) is 7.06. The quantitative estimate of drug-likeness (QED) is 0.611. The largest absolute Gasteiger partial charge is 0.480 e. The summed E-state index contributed by atoms with van der Waals surface area (Å²) in [6, 6.07) is -1.42. The van der Waals surface area contributed by atoms with Crippen molar-refractivity contribution in [1.29, 1.82) is 0 Å². The third-order valence-corrected chi connectivity index (χ3v) is 3.98. The lowest BCUT2D eigenvalue weighted by atomic mass is 10.2. The molecular formula is C13H23N3O5. The average molecular weight is 301 g/mol. The number of aliphatic carboxylic acids is 1. The zero-order chi connectivity index (χ0) is 15.4. The first-order valence-corrected chi connectivity index (χ1v) is 7.30. The molecule has 120 valence electrons. The molecule has 2 rings (SSSR count). The van der Waals surface area contributed by atoms with Gasteiger partial charge in [-0.3, -0.25) is 4.90 Å². The van der Waals surface area contributed by atoms with E-state index >= 15 is 0 Å². The van der Waals surface area contributed by atoms with Crippen LogP contribution in [-0.2, 0) is 9.53 Å². The minimum atomic E-state index is -1.09. The summed E-state index contributed by atoms with van der Waals surface area (Å²) in [6.07, 6.45) is -0.788. The van der Waals surface area contributed by atoms with Crippen LogP contribution < -0.4 is 5.32 Å². The number of nitrogens with zero attached hydrogens (tertiary/aromatic N) is 2. The van der Waals surface area contributed by atoms with Gasteiger partial charge in [0.05, 0.1) is 18.8 Å². The van der Waals surface area contributed by atoms with Crippen molar-refractivity contribution in [3.63, 3.8) is 0 Å². The molecule has 0 aromatic carbocycles. The number of hydrogen-bond acceptors (Lipinski definition) is 5. The minimum Gasteiger partial charge on any atom is -0.480 e. The lowest BCUT2D eigenvalue weighted by Gasteiger charge is -2.32. The van der Waals surface area contributed by atoms with E-state index in [-0.39, 0.29) is 19.1 Å². The zero-order valence-corrected chi connectivity index (χ0v) is 12.2. The number of β-amino-alcohol motifs (C(OH)–C–C–N with tert-alkyl or cyclic N) is 1. The van der Waals surface area contributed by atoms with Gasteiger partial charge in [0.15, 0.2) is 0 Å². The van der Waals surface area contributed by atoms with E-state index in [4.69, 9.17) is 9.84 Å². The number of carbonyl (C=O) groups excluding carboxylic acids is 1. The Hall–Kier alpha value is -1.38. The van der Waals surface area contributed by atoms with E-state index in [1.54, 1.807) is 0 Å². The lowest BCUT2D eigenvalue weighted by Crippen LogP contribution is -2.51. The van der Waals surface area contributed by atoms with Gasteiger partial charge in [-0.1, -0.05) is 6.92 Å². The molecule has 0 aliphatic carbocycles. The number of carboxylic acid groups (broad SMARTS) is 1. The van der Waals surface area contributed by atoms with Gasteiger partial charge in [0.2, 0.25) is 0 Å². The Morgan fingerprint density at radius 3 is 2.81 bits per heavy atom. The molecule has 0 saturated carbocycles. The normalized spacial score (nSPS) is 30.4. The summed E-state index contributed by atoms with van der Waals surface area (Å²) in [5, 5.41) is 21.3. The van der Waals surface area contributed by atoms with Gasteiger partial charge in [-0.05, 0) is 6.54 Å². The van der Waals surface area contributed by atoms with E-state index in [1.807, 2.05) is 0 Å². The SMILES string of the molecule is CCN1CCOC(CNC(=O)N2C[C@@H](O)C[C@H]2C(=O)O)C1. The molecule has 0 aromatic rings. The molecule has 0 bridgehead atoms. The molecule has 3 N–H and O–H groups in total. The Balaban J connectivity index is 1.82. The molecule has 2 aliphatic rings. The van der Waals surface area contributed by atoms with Gasteiger partial charge in [-0.15, -0.1) is 0 Å². The third kappa shape index (κ3) is 4.05. The number of carbonyl (C=O) groups is 2. The Kier molecular flexibility index (Phi) is 5.38. The molecule has 0 radical (unpaired) electrons. The van der Waals surface area contributed by atoms with Crippen LogP contribution in [0.2, 0.25) is 0 Å². The van der Waals surface area contributed by atoms with Crippen LogP contribution in [0.15, 0.2) is 0 Å². The first-order valence-electron chi connectivity index (χ1n) is 7.30. The predicted molar refractivity (Wildman–Crippen MR) is 74.0 cm³/mol. The number of carboxylic acids is 1. The Morgan fingerprint density at radius 2 is 2.14 bits per heavy atom. The molecule has 8 heteroatoms. The summed E-state index contributed by atoms with van der Waals surface area (Å²) in [5.74, 6) is -1.09. The van der Waals surface area contributed by atoms with Crippen molar-refractivity contribution in [2.75, 3.05) is 39.3 Å². The number of rotatable bonds is 4. The molecule has 3 atom stereocenters. The maximum Gasteiger partial charge on any atom is 0.326 e. The van der Waals surface area contributed by atoms with E-state index < -0.39 is 24.1 Å². The number of ether oxygens (including phenoxy) is 1. The van der Waals surface area contributed by atoms with Gasteiger partial charge in [0.1, 0.15) is 6.04 Å². The van der Waals surface area contributed by atoms with Crippen molar-refractivity contribution in [1.82, 2.24) is 15.1 Å². The highest BCUT2D eigenvalue weighted by molar-refractivity contribution is 5.83. The molecule has 2 heterocycles. The number of morpholine rings is 1. The summed E-state index contributed by atoms with van der Waals surface area (Å²) < 4.78 is 5.58. The monoisotopic (exact) mass is 301 g/mol. The Bertz CT molecular complexity index is 392. The molecular weight excluding hydrogens is 278 g/mol. The highest BCUT2D eigenvalue weighted by Gasteiger charge is 2.39. The van der Waals surface area contributed by atoms with Gasteiger partial charge in [0.25, 0.3) is 0 Å². The second-order valence-corrected chi connectivity index (χ2v) is 5.47. The van der Waals surface area contributed by atoms with Crippen LogP contribution in [0.3, 0.4) is 0 Å². The van der Waals surface area contributed by atoms with E-state index in [0.29, 0.717) is 13.2 Å². The van der Waals surface area contributed by atoms with Crippen LogP contribution in [0.5, 0.6) is 0 Å². The fourth-order valence-corrected chi connectivity index (χ4v) is 2.77. The van der Waals surface area contributed by atoms with Crippen molar-refractivity contribution < 1.29 is 24.5 Å². The van der Waals surface area contributed by atoms with E-state index in [9.17, 15) is 14.7 Å². The van der Waals surface area contributed by atoms with Gasteiger partial charge >= 0.3 is 12.0 Å². The molecule has 1 unspecified atom stereocenters. The van der Waals surface area contributed by atoms with Crippen molar-refractivity contribution in [3.8, 4) is 0 Å². The highest BCUT2D eigenvalue weighted by Crippen LogP contribution is 2.18. The number of amides is 2. The van der Waals surface area contributed by atoms with Gasteiger partial charge in [-0.25, -0.2) is 9.59 Å². The van der Waals surface area contributed by atoms with Crippen LogP contribution in [0.1, 0.15) is 13.3 Å². The topological polar surface area (TPSA) is 102 Å². The van der Waals surface area contributed by atoms with Crippen LogP contribution in [0.25, 0.3) is 0 Å². The molecule has 0 aromatic heterocycles. The van der Waals surface area contributed by atoms with Crippen LogP contribution in [0, 0.1) is 0 Å². The van der Waals surface area contributed by atoms with Crippen LogP contribution in [0.4, 0.5) is 4.79 Å². The van der Waals surface area contributed by atoms with Crippen molar-refractivity contribution >= 4 is 12.0 Å². The van der Waals surface area contributed by atoms with Gasteiger partial charge in [-0.2, -0.15) is 0 Å². The number of hydrogen-bond donors (Lipinski definition) is 3. The van der Waals surface area contributed by atoms with Crippen LogP contribution >= 0.6 is 0 Å². The standard InChI is InChI=1S/C13H23N3O5/c1-2-15-3-4-21-10(8-15)6-14-13(20)16-7-9(17)5-11(16)12(18)19/h9-11,17H,2-8H2,1H3,(H,14,20)(H,18,19)/t9-,10?,11-/m0/s1. The number of nitrogens with one attached hydrogen (secondary N) is 1. The molecule has 2 aliphatic heterocycles. The van der Waals surface area contributed by atoms with E-state index in [0.717, 1.165) is 19.6 Å². The number of likely N-dealkylation sites (N-methyl/N-ethyl adjacent to an activating group) is 1. The van der Waals surface area contributed by atoms with Crippen molar-refractivity contribution in [2.24, 2.45) is 0 Å². The molecule has 2 saturated heterocycles. The summed E-state index contributed by atoms with van der Waals surface area (Å²) in [7, 11) is 0. The third-order valence-electron chi connectivity index (χ3n) is 3.98. The lowest BCUT2D eigenvalue weighted by molar-refractivity contribution is -0.141. The zero-order valence-electron chi connectivity index (χ0n) is 12.2. The minimum absolute atomic E-state index is 0.0510. The maximum atomic E-state index is 12.1. The number of aliphatic hydroxyl groups is 1. The predicted octanol–water partition coefficient (Wildman–Crippen LogP) is -1.06. The average Bonchev–Trinajstić information content (AvgIpc) is 2.87. The fraction of sp³-hybridized carbons (Fsp3) is 0.846. The Morgan fingerprint density at radius 1 is 1.38 bits per heavy atom. The maximum absolute atomic E-state index is 12.1. The second-order valence-electron chi connectivity index (χ2n) is 5.47.